The summed E-state index contributed by atoms with van der Waals surface area (Å²) in [6.07, 6.45) is 3.68. The van der Waals surface area contributed by atoms with E-state index < -0.39 is 0 Å². The molecule has 1 aromatic rings. The lowest BCUT2D eigenvalue weighted by atomic mass is 10.2. The molecule has 2 rings (SSSR count). The third-order valence-electron chi connectivity index (χ3n) is 3.52. The summed E-state index contributed by atoms with van der Waals surface area (Å²) in [6.45, 7) is 9.81. The van der Waals surface area contributed by atoms with Crippen LogP contribution in [0.1, 0.15) is 25.8 Å². The molecule has 0 aliphatic carbocycles. The molecule has 0 saturated carbocycles. The average molecular weight is 249 g/mol. The molecule has 2 heterocycles. The lowest BCUT2D eigenvalue weighted by Gasteiger charge is -2.36. The van der Waals surface area contributed by atoms with Gasteiger partial charge in [-0.3, -0.25) is 4.90 Å². The van der Waals surface area contributed by atoms with Crippen LogP contribution < -0.4 is 10.6 Å². The first-order valence-electron chi connectivity index (χ1n) is 6.82. The van der Waals surface area contributed by atoms with E-state index >= 15 is 0 Å². The summed E-state index contributed by atoms with van der Waals surface area (Å²) in [7, 11) is 0. The van der Waals surface area contributed by atoms with Gasteiger partial charge in [0.05, 0.1) is 0 Å². The lowest BCUT2D eigenvalue weighted by molar-refractivity contribution is 0.258. The Balaban J connectivity index is 2.07. The van der Waals surface area contributed by atoms with E-state index in [2.05, 4.69) is 33.6 Å². The molecule has 0 atom stereocenters. The van der Waals surface area contributed by atoms with E-state index in [1.54, 1.807) is 6.33 Å². The Hall–Kier alpha value is -1.36. The van der Waals surface area contributed by atoms with Crippen molar-refractivity contribution < 1.29 is 0 Å². The number of anilines is 2. The van der Waals surface area contributed by atoms with E-state index in [9.17, 15) is 0 Å². The lowest BCUT2D eigenvalue weighted by Crippen LogP contribution is -2.47. The van der Waals surface area contributed by atoms with Crippen molar-refractivity contribution >= 4 is 11.6 Å². The fourth-order valence-electron chi connectivity index (χ4n) is 2.53. The van der Waals surface area contributed by atoms with Gasteiger partial charge in [0.2, 0.25) is 0 Å². The van der Waals surface area contributed by atoms with Crippen LogP contribution in [0.5, 0.6) is 0 Å². The third-order valence-corrected chi connectivity index (χ3v) is 3.52. The van der Waals surface area contributed by atoms with Gasteiger partial charge in [-0.15, -0.1) is 0 Å². The van der Waals surface area contributed by atoms with Crippen molar-refractivity contribution in [2.24, 2.45) is 0 Å². The SMILES string of the molecule is CCCN1CCN(c2ncnc(N)c2CC)CC1. The van der Waals surface area contributed by atoms with Crippen LogP contribution in [-0.2, 0) is 6.42 Å². The molecule has 0 unspecified atom stereocenters. The average Bonchev–Trinajstić information content (AvgIpc) is 2.40. The van der Waals surface area contributed by atoms with Gasteiger partial charge in [0.15, 0.2) is 0 Å². The normalized spacial score (nSPS) is 17.1. The molecule has 5 heteroatoms. The summed E-state index contributed by atoms with van der Waals surface area (Å²) in [6, 6.07) is 0. The van der Waals surface area contributed by atoms with E-state index in [-0.39, 0.29) is 0 Å². The largest absolute Gasteiger partial charge is 0.383 e. The minimum absolute atomic E-state index is 0.624. The maximum Gasteiger partial charge on any atom is 0.137 e. The quantitative estimate of drug-likeness (QED) is 0.867. The highest BCUT2D eigenvalue weighted by molar-refractivity contribution is 5.56. The zero-order valence-electron chi connectivity index (χ0n) is 11.4. The molecule has 1 aliphatic rings. The molecular weight excluding hydrogens is 226 g/mol. The molecule has 5 nitrogen and oxygen atoms in total. The molecule has 0 radical (unpaired) electrons. The van der Waals surface area contributed by atoms with Gasteiger partial charge in [-0.05, 0) is 19.4 Å². The van der Waals surface area contributed by atoms with Gasteiger partial charge in [-0.2, -0.15) is 0 Å². The number of nitrogens with two attached hydrogens (primary N) is 1. The molecule has 0 aromatic carbocycles. The van der Waals surface area contributed by atoms with E-state index in [1.807, 2.05) is 0 Å². The van der Waals surface area contributed by atoms with Crippen molar-refractivity contribution in [3.8, 4) is 0 Å². The van der Waals surface area contributed by atoms with Crippen molar-refractivity contribution in [3.05, 3.63) is 11.9 Å². The summed E-state index contributed by atoms with van der Waals surface area (Å²) in [5, 5.41) is 0. The molecule has 0 amide bonds. The molecule has 18 heavy (non-hydrogen) atoms. The number of aromatic nitrogens is 2. The summed E-state index contributed by atoms with van der Waals surface area (Å²) >= 11 is 0. The van der Waals surface area contributed by atoms with Crippen molar-refractivity contribution in [3.63, 3.8) is 0 Å². The molecule has 100 valence electrons. The molecule has 2 N–H and O–H groups in total. The first-order chi connectivity index (χ1) is 8.76. The van der Waals surface area contributed by atoms with Crippen molar-refractivity contribution in [1.82, 2.24) is 14.9 Å². The van der Waals surface area contributed by atoms with Gasteiger partial charge in [-0.25, -0.2) is 9.97 Å². The van der Waals surface area contributed by atoms with E-state index in [1.165, 1.54) is 13.0 Å². The minimum Gasteiger partial charge on any atom is -0.383 e. The van der Waals surface area contributed by atoms with Crippen LogP contribution in [0.4, 0.5) is 11.6 Å². The molecule has 1 aromatic heterocycles. The third kappa shape index (κ3) is 2.72. The molecule has 0 bridgehead atoms. The predicted octanol–water partition coefficient (Wildman–Crippen LogP) is 1.15. The minimum atomic E-state index is 0.624. The number of piperazine rings is 1. The highest BCUT2D eigenvalue weighted by atomic mass is 15.3. The fraction of sp³-hybridized carbons (Fsp3) is 0.692. The summed E-state index contributed by atoms with van der Waals surface area (Å²) < 4.78 is 0. The van der Waals surface area contributed by atoms with E-state index in [0.717, 1.165) is 44.0 Å². The Kier molecular flexibility index (Phi) is 4.36. The van der Waals surface area contributed by atoms with Gasteiger partial charge in [0, 0.05) is 31.7 Å². The Bertz CT molecular complexity index is 385. The van der Waals surface area contributed by atoms with Gasteiger partial charge in [-0.1, -0.05) is 13.8 Å². The van der Waals surface area contributed by atoms with Crippen LogP contribution in [0.3, 0.4) is 0 Å². The number of rotatable bonds is 4. The highest BCUT2D eigenvalue weighted by Crippen LogP contribution is 2.22. The zero-order chi connectivity index (χ0) is 13.0. The maximum absolute atomic E-state index is 5.93. The molecule has 1 saturated heterocycles. The molecular formula is C13H23N5. The Labute approximate surface area is 109 Å². The second-order valence-corrected chi connectivity index (χ2v) is 4.74. The second-order valence-electron chi connectivity index (χ2n) is 4.74. The summed E-state index contributed by atoms with van der Waals surface area (Å²) in [4.78, 5) is 13.3. The van der Waals surface area contributed by atoms with Gasteiger partial charge >= 0.3 is 0 Å². The first-order valence-corrected chi connectivity index (χ1v) is 6.82. The Morgan fingerprint density at radius 1 is 1.17 bits per heavy atom. The molecule has 0 spiro atoms. The summed E-state index contributed by atoms with van der Waals surface area (Å²) in [5.41, 5.74) is 7.01. The van der Waals surface area contributed by atoms with Gasteiger partial charge < -0.3 is 10.6 Å². The van der Waals surface area contributed by atoms with Crippen LogP contribution in [0.25, 0.3) is 0 Å². The van der Waals surface area contributed by atoms with Crippen molar-refractivity contribution in [2.45, 2.75) is 26.7 Å². The first kappa shape index (κ1) is 13.1. The van der Waals surface area contributed by atoms with Crippen LogP contribution >= 0.6 is 0 Å². The van der Waals surface area contributed by atoms with Gasteiger partial charge in [0.1, 0.15) is 18.0 Å². The standard InChI is InChI=1S/C13H23N5/c1-3-5-17-6-8-18(9-7-17)13-11(4-2)12(14)15-10-16-13/h10H,3-9H2,1-2H3,(H2,14,15,16). The number of nitrogen functional groups attached to an aromatic ring is 1. The van der Waals surface area contributed by atoms with E-state index in [4.69, 9.17) is 5.73 Å². The highest BCUT2D eigenvalue weighted by Gasteiger charge is 2.20. The molecule has 1 aliphatic heterocycles. The molecule has 1 fully saturated rings. The number of hydrogen-bond acceptors (Lipinski definition) is 5. The van der Waals surface area contributed by atoms with Crippen LogP contribution in [-0.4, -0.2) is 47.6 Å². The number of hydrogen-bond donors (Lipinski definition) is 1. The number of nitrogens with zero attached hydrogens (tertiary/aromatic N) is 4. The fourth-order valence-corrected chi connectivity index (χ4v) is 2.53. The topological polar surface area (TPSA) is 58.3 Å². The van der Waals surface area contributed by atoms with Crippen LogP contribution in [0.15, 0.2) is 6.33 Å². The summed E-state index contributed by atoms with van der Waals surface area (Å²) in [5.74, 6) is 1.65. The maximum atomic E-state index is 5.93. The van der Waals surface area contributed by atoms with E-state index in [0.29, 0.717) is 5.82 Å². The van der Waals surface area contributed by atoms with Crippen LogP contribution in [0.2, 0.25) is 0 Å². The Morgan fingerprint density at radius 3 is 2.50 bits per heavy atom. The second kappa shape index (κ2) is 6.00. The predicted molar refractivity (Wildman–Crippen MR) is 74.8 cm³/mol. The van der Waals surface area contributed by atoms with Crippen molar-refractivity contribution in [1.29, 1.82) is 0 Å². The smallest absolute Gasteiger partial charge is 0.137 e. The van der Waals surface area contributed by atoms with Gasteiger partial charge in [0.25, 0.3) is 0 Å². The van der Waals surface area contributed by atoms with Crippen LogP contribution in [0, 0.1) is 0 Å². The monoisotopic (exact) mass is 249 g/mol. The van der Waals surface area contributed by atoms with Crippen molar-refractivity contribution in [2.75, 3.05) is 43.4 Å². The zero-order valence-corrected chi connectivity index (χ0v) is 11.4. The Morgan fingerprint density at radius 2 is 1.89 bits per heavy atom.